The van der Waals surface area contributed by atoms with Gasteiger partial charge in [0.15, 0.2) is 0 Å². The predicted molar refractivity (Wildman–Crippen MR) is 91.3 cm³/mol. The summed E-state index contributed by atoms with van der Waals surface area (Å²) in [5.41, 5.74) is 1.59. The van der Waals surface area contributed by atoms with E-state index in [-0.39, 0.29) is 29.7 Å². The zero-order chi connectivity index (χ0) is 17.9. The van der Waals surface area contributed by atoms with Gasteiger partial charge in [-0.05, 0) is 31.7 Å². The third kappa shape index (κ3) is 4.64. The standard InChI is InChI=1S/C18H24FN3O2/c1-12(13-6-8-14(19)9-7-13)22(5)11-16(23)20-17-10-15(21-24-17)18(2,3)4/h6-10,12H,11H2,1-5H3,(H,20,23). The number of hydrogen-bond donors (Lipinski definition) is 1. The van der Waals surface area contributed by atoms with Gasteiger partial charge in [-0.2, -0.15) is 0 Å². The predicted octanol–water partition coefficient (Wildman–Crippen LogP) is 3.74. The molecule has 0 aliphatic carbocycles. The summed E-state index contributed by atoms with van der Waals surface area (Å²) in [7, 11) is 1.84. The molecule has 24 heavy (non-hydrogen) atoms. The molecule has 0 radical (unpaired) electrons. The van der Waals surface area contributed by atoms with E-state index in [2.05, 4.69) is 10.5 Å². The van der Waals surface area contributed by atoms with Gasteiger partial charge in [-0.3, -0.25) is 15.0 Å². The highest BCUT2D eigenvalue weighted by molar-refractivity contribution is 5.91. The van der Waals surface area contributed by atoms with Gasteiger partial charge in [-0.1, -0.05) is 38.1 Å². The third-order valence-electron chi connectivity index (χ3n) is 3.95. The first-order chi connectivity index (χ1) is 11.2. The van der Waals surface area contributed by atoms with E-state index >= 15 is 0 Å². The Morgan fingerprint density at radius 3 is 2.50 bits per heavy atom. The van der Waals surface area contributed by atoms with Gasteiger partial charge >= 0.3 is 0 Å². The summed E-state index contributed by atoms with van der Waals surface area (Å²) in [6.45, 7) is 8.22. The Balaban J connectivity index is 1.94. The lowest BCUT2D eigenvalue weighted by Gasteiger charge is -2.24. The van der Waals surface area contributed by atoms with E-state index < -0.39 is 0 Å². The quantitative estimate of drug-likeness (QED) is 0.905. The molecule has 130 valence electrons. The number of carbonyl (C=O) groups is 1. The van der Waals surface area contributed by atoms with Gasteiger partial charge in [-0.25, -0.2) is 4.39 Å². The van der Waals surface area contributed by atoms with Gasteiger partial charge in [0.1, 0.15) is 5.82 Å². The summed E-state index contributed by atoms with van der Waals surface area (Å²) in [5, 5.41) is 6.68. The minimum absolute atomic E-state index is 0.0174. The summed E-state index contributed by atoms with van der Waals surface area (Å²) in [6, 6.07) is 8.00. The van der Waals surface area contributed by atoms with E-state index in [4.69, 9.17) is 4.52 Å². The second kappa shape index (κ2) is 7.13. The van der Waals surface area contributed by atoms with Gasteiger partial charge in [0, 0.05) is 17.5 Å². The van der Waals surface area contributed by atoms with Crippen molar-refractivity contribution in [1.82, 2.24) is 10.1 Å². The third-order valence-corrected chi connectivity index (χ3v) is 3.95. The van der Waals surface area contributed by atoms with Crippen LogP contribution in [0.25, 0.3) is 0 Å². The molecule has 1 aromatic heterocycles. The number of anilines is 1. The first-order valence-corrected chi connectivity index (χ1v) is 7.89. The number of nitrogens with one attached hydrogen (secondary N) is 1. The van der Waals surface area contributed by atoms with Crippen molar-refractivity contribution in [2.75, 3.05) is 18.9 Å². The highest BCUT2D eigenvalue weighted by atomic mass is 19.1. The molecule has 1 unspecified atom stereocenters. The molecule has 2 aromatic rings. The summed E-state index contributed by atoms with van der Waals surface area (Å²) in [5.74, 6) is -0.123. The van der Waals surface area contributed by atoms with Crippen LogP contribution in [-0.2, 0) is 10.2 Å². The lowest BCUT2D eigenvalue weighted by molar-refractivity contribution is -0.117. The van der Waals surface area contributed by atoms with Crippen LogP contribution in [0, 0.1) is 5.82 Å². The Kier molecular flexibility index (Phi) is 5.39. The van der Waals surface area contributed by atoms with E-state index in [1.54, 1.807) is 18.2 Å². The van der Waals surface area contributed by atoms with Crippen LogP contribution in [-0.4, -0.2) is 29.6 Å². The molecule has 1 N–H and O–H groups in total. The molecule has 0 spiro atoms. The number of rotatable bonds is 5. The van der Waals surface area contributed by atoms with Crippen LogP contribution in [0.3, 0.4) is 0 Å². The zero-order valence-corrected chi connectivity index (χ0v) is 14.8. The molecule has 0 fully saturated rings. The SMILES string of the molecule is CC(c1ccc(F)cc1)N(C)CC(=O)Nc1cc(C(C)(C)C)no1. The Morgan fingerprint density at radius 2 is 1.96 bits per heavy atom. The fraction of sp³-hybridized carbons (Fsp3) is 0.444. The topological polar surface area (TPSA) is 58.4 Å². The molecule has 0 saturated heterocycles. The lowest BCUT2D eigenvalue weighted by Crippen LogP contribution is -2.32. The highest BCUT2D eigenvalue weighted by Gasteiger charge is 2.20. The van der Waals surface area contributed by atoms with Gasteiger partial charge in [0.25, 0.3) is 0 Å². The maximum Gasteiger partial charge on any atom is 0.240 e. The average Bonchev–Trinajstić information content (AvgIpc) is 2.95. The summed E-state index contributed by atoms with van der Waals surface area (Å²) in [6.07, 6.45) is 0. The minimum Gasteiger partial charge on any atom is -0.338 e. The number of amides is 1. The van der Waals surface area contributed by atoms with Crippen molar-refractivity contribution in [2.24, 2.45) is 0 Å². The molecule has 2 rings (SSSR count). The van der Waals surface area contributed by atoms with E-state index in [1.165, 1.54) is 12.1 Å². The van der Waals surface area contributed by atoms with Gasteiger partial charge in [0.2, 0.25) is 11.8 Å². The maximum absolute atomic E-state index is 13.0. The molecule has 0 saturated carbocycles. The normalized spacial score (nSPS) is 13.1. The number of likely N-dealkylation sites (N-methyl/N-ethyl adjacent to an activating group) is 1. The maximum atomic E-state index is 13.0. The molecule has 0 bridgehead atoms. The van der Waals surface area contributed by atoms with Gasteiger partial charge in [0.05, 0.1) is 12.2 Å². The first kappa shape index (κ1) is 18.1. The average molecular weight is 333 g/mol. The van der Waals surface area contributed by atoms with Crippen LogP contribution in [0.1, 0.15) is 45.0 Å². The molecule has 6 heteroatoms. The first-order valence-electron chi connectivity index (χ1n) is 7.89. The summed E-state index contributed by atoms with van der Waals surface area (Å²) < 4.78 is 18.2. The number of benzene rings is 1. The van der Waals surface area contributed by atoms with Crippen molar-refractivity contribution in [3.8, 4) is 0 Å². The summed E-state index contributed by atoms with van der Waals surface area (Å²) in [4.78, 5) is 14.0. The van der Waals surface area contributed by atoms with Gasteiger partial charge < -0.3 is 4.52 Å². The molecule has 5 nitrogen and oxygen atoms in total. The van der Waals surface area contributed by atoms with Crippen LogP contribution >= 0.6 is 0 Å². The largest absolute Gasteiger partial charge is 0.338 e. The molecular weight excluding hydrogens is 309 g/mol. The van der Waals surface area contributed by atoms with Crippen LogP contribution in [0.5, 0.6) is 0 Å². The zero-order valence-electron chi connectivity index (χ0n) is 14.8. The fourth-order valence-corrected chi connectivity index (χ4v) is 2.22. The van der Waals surface area contributed by atoms with E-state index in [9.17, 15) is 9.18 Å². The van der Waals surface area contributed by atoms with E-state index in [1.807, 2.05) is 39.6 Å². The van der Waals surface area contributed by atoms with E-state index in [0.29, 0.717) is 5.88 Å². The molecular formula is C18H24FN3O2. The molecule has 1 aromatic carbocycles. The second-order valence-corrected chi connectivity index (χ2v) is 7.02. The van der Waals surface area contributed by atoms with Crippen LogP contribution in [0.15, 0.2) is 34.9 Å². The molecule has 1 amide bonds. The Bertz CT molecular complexity index is 689. The van der Waals surface area contributed by atoms with Gasteiger partial charge in [-0.15, -0.1) is 0 Å². The number of halogens is 1. The fourth-order valence-electron chi connectivity index (χ4n) is 2.22. The van der Waals surface area contributed by atoms with Crippen molar-refractivity contribution in [3.05, 3.63) is 47.4 Å². The molecule has 0 aliphatic rings. The monoisotopic (exact) mass is 333 g/mol. The molecule has 0 aliphatic heterocycles. The lowest BCUT2D eigenvalue weighted by atomic mass is 9.92. The van der Waals surface area contributed by atoms with Crippen LogP contribution < -0.4 is 5.32 Å². The number of nitrogens with zero attached hydrogens (tertiary/aromatic N) is 2. The van der Waals surface area contributed by atoms with Crippen molar-refractivity contribution < 1.29 is 13.7 Å². The second-order valence-electron chi connectivity index (χ2n) is 7.02. The number of aromatic nitrogens is 1. The van der Waals surface area contributed by atoms with Crippen molar-refractivity contribution in [1.29, 1.82) is 0 Å². The number of carbonyl (C=O) groups excluding carboxylic acids is 1. The van der Waals surface area contributed by atoms with Crippen molar-refractivity contribution in [2.45, 2.75) is 39.2 Å². The van der Waals surface area contributed by atoms with Crippen LogP contribution in [0.4, 0.5) is 10.3 Å². The Labute approximate surface area is 141 Å². The van der Waals surface area contributed by atoms with Crippen molar-refractivity contribution in [3.63, 3.8) is 0 Å². The van der Waals surface area contributed by atoms with Crippen LogP contribution in [0.2, 0.25) is 0 Å². The number of hydrogen-bond acceptors (Lipinski definition) is 4. The highest BCUT2D eigenvalue weighted by Crippen LogP contribution is 2.24. The minimum atomic E-state index is -0.272. The van der Waals surface area contributed by atoms with Crippen molar-refractivity contribution >= 4 is 11.8 Å². The van der Waals surface area contributed by atoms with E-state index in [0.717, 1.165) is 11.3 Å². The Morgan fingerprint density at radius 1 is 1.33 bits per heavy atom. The Hall–Kier alpha value is -2.21. The smallest absolute Gasteiger partial charge is 0.240 e. The molecule has 1 heterocycles. The summed E-state index contributed by atoms with van der Waals surface area (Å²) >= 11 is 0. The molecule has 1 atom stereocenters.